The SMILES string of the molecule is CC(=O)c1cccc(CBr)c1.CC(=O)c1cccc(COc2ccc(C(F)(F)F)cc2Br)c1.Oc1ccc(C(F)(F)F)cc1Br. The van der Waals surface area contributed by atoms with Crippen molar-refractivity contribution < 1.29 is 45.8 Å². The Kier molecular flexibility index (Phi) is 14.3. The molecule has 13 heteroatoms. The Balaban J connectivity index is 0.000000259. The van der Waals surface area contributed by atoms with Gasteiger partial charge in [0.1, 0.15) is 18.1 Å². The zero-order chi connectivity index (χ0) is 33.9. The van der Waals surface area contributed by atoms with Crippen LogP contribution in [0.5, 0.6) is 11.5 Å². The summed E-state index contributed by atoms with van der Waals surface area (Å²) >= 11 is 9.19. The molecule has 0 heterocycles. The fraction of sp³-hybridized carbons (Fsp3) is 0.188. The normalized spacial score (nSPS) is 11.0. The van der Waals surface area contributed by atoms with Crippen LogP contribution in [0.1, 0.15) is 56.8 Å². The molecule has 0 aliphatic heterocycles. The van der Waals surface area contributed by atoms with Gasteiger partial charge in [-0.15, -0.1) is 0 Å². The van der Waals surface area contributed by atoms with E-state index >= 15 is 0 Å². The van der Waals surface area contributed by atoms with Crippen molar-refractivity contribution in [3.8, 4) is 11.5 Å². The molecule has 4 nitrogen and oxygen atoms in total. The number of carbonyl (C=O) groups is 2. The predicted molar refractivity (Wildman–Crippen MR) is 170 cm³/mol. The van der Waals surface area contributed by atoms with Crippen LogP contribution in [0.4, 0.5) is 26.3 Å². The molecule has 0 atom stereocenters. The van der Waals surface area contributed by atoms with Gasteiger partial charge in [-0.25, -0.2) is 0 Å². The van der Waals surface area contributed by atoms with Crippen LogP contribution in [0.2, 0.25) is 0 Å². The van der Waals surface area contributed by atoms with Crippen LogP contribution < -0.4 is 4.74 Å². The summed E-state index contributed by atoms with van der Waals surface area (Å²) in [7, 11) is 0. The van der Waals surface area contributed by atoms with Gasteiger partial charge in [0.15, 0.2) is 11.6 Å². The van der Waals surface area contributed by atoms with E-state index in [0.29, 0.717) is 11.3 Å². The molecule has 0 saturated heterocycles. The van der Waals surface area contributed by atoms with Crippen molar-refractivity contribution in [2.75, 3.05) is 0 Å². The Labute approximate surface area is 280 Å². The van der Waals surface area contributed by atoms with Crippen molar-refractivity contribution in [2.24, 2.45) is 0 Å². The summed E-state index contributed by atoms with van der Waals surface area (Å²) in [6.07, 6.45) is -8.76. The highest BCUT2D eigenvalue weighted by Gasteiger charge is 2.31. The third-order valence-corrected chi connectivity index (χ3v) is 7.65. The molecule has 0 unspecified atom stereocenters. The minimum absolute atomic E-state index is 0.0392. The topological polar surface area (TPSA) is 63.6 Å². The third kappa shape index (κ3) is 12.6. The van der Waals surface area contributed by atoms with Gasteiger partial charge in [-0.2, -0.15) is 26.3 Å². The molecule has 0 fully saturated rings. The lowest BCUT2D eigenvalue weighted by molar-refractivity contribution is -0.138. The Morgan fingerprint density at radius 2 is 1.16 bits per heavy atom. The molecule has 0 radical (unpaired) electrons. The number of carbonyl (C=O) groups excluding carboxylic acids is 2. The molecule has 0 aliphatic carbocycles. The van der Waals surface area contributed by atoms with E-state index in [1.807, 2.05) is 24.3 Å². The summed E-state index contributed by atoms with van der Waals surface area (Å²) in [6.45, 7) is 3.20. The second kappa shape index (κ2) is 17.0. The molecule has 0 amide bonds. The number of benzene rings is 4. The number of phenols is 1. The standard InChI is InChI=1S/C16H12BrF3O2.C9H9BrO.C7H4BrF3O/c1-10(21)12-4-2-3-11(7-12)9-22-15-6-5-13(8-14(15)17)16(18,19)20;1-7(11)9-4-2-3-8(5-9)6-10;8-5-3-4(7(9,10)11)1-2-6(5)12/h2-8H,9H2,1H3;2-5H,6H2,1H3;1-3,12H. The van der Waals surface area contributed by atoms with Gasteiger partial charge < -0.3 is 9.84 Å². The lowest BCUT2D eigenvalue weighted by Gasteiger charge is -2.12. The van der Waals surface area contributed by atoms with E-state index in [-0.39, 0.29) is 32.9 Å². The van der Waals surface area contributed by atoms with E-state index < -0.39 is 23.5 Å². The first kappa shape index (κ1) is 38.0. The summed E-state index contributed by atoms with van der Waals surface area (Å²) in [5.74, 6) is 0.162. The molecule has 240 valence electrons. The number of halogens is 9. The minimum atomic E-state index is -4.39. The largest absolute Gasteiger partial charge is 0.507 e. The van der Waals surface area contributed by atoms with Crippen LogP contribution in [0, 0.1) is 0 Å². The van der Waals surface area contributed by atoms with Crippen LogP contribution in [-0.4, -0.2) is 16.7 Å². The van der Waals surface area contributed by atoms with Gasteiger partial charge in [-0.3, -0.25) is 9.59 Å². The highest BCUT2D eigenvalue weighted by molar-refractivity contribution is 9.11. The Morgan fingerprint density at radius 1 is 0.689 bits per heavy atom. The predicted octanol–water partition coefficient (Wildman–Crippen LogP) is 11.2. The lowest BCUT2D eigenvalue weighted by atomic mass is 10.1. The minimum Gasteiger partial charge on any atom is -0.507 e. The lowest BCUT2D eigenvalue weighted by Crippen LogP contribution is -2.05. The molecule has 0 aromatic heterocycles. The van der Waals surface area contributed by atoms with E-state index in [2.05, 4.69) is 47.8 Å². The van der Waals surface area contributed by atoms with E-state index in [4.69, 9.17) is 9.84 Å². The van der Waals surface area contributed by atoms with Crippen LogP contribution in [-0.2, 0) is 24.3 Å². The first-order chi connectivity index (χ1) is 20.9. The van der Waals surface area contributed by atoms with Crippen LogP contribution in [0.25, 0.3) is 0 Å². The van der Waals surface area contributed by atoms with Gasteiger partial charge in [-0.05, 0) is 105 Å². The Morgan fingerprint density at radius 3 is 1.60 bits per heavy atom. The molecule has 4 aromatic rings. The number of phenolic OH excluding ortho intramolecular Hbond substituents is 1. The van der Waals surface area contributed by atoms with Gasteiger partial charge >= 0.3 is 12.4 Å². The zero-order valence-corrected chi connectivity index (χ0v) is 28.3. The van der Waals surface area contributed by atoms with Gasteiger partial charge in [0.05, 0.1) is 20.1 Å². The molecule has 1 N–H and O–H groups in total. The van der Waals surface area contributed by atoms with Gasteiger partial charge in [0.2, 0.25) is 0 Å². The molecule has 4 rings (SSSR count). The van der Waals surface area contributed by atoms with Crippen molar-refractivity contribution in [3.63, 3.8) is 0 Å². The molecular formula is C32H25Br3F6O4. The molecule has 0 aliphatic rings. The quantitative estimate of drug-likeness (QED) is 0.119. The summed E-state index contributed by atoms with van der Waals surface area (Å²) in [6, 6.07) is 20.4. The average Bonchev–Trinajstić information content (AvgIpc) is 2.97. The maximum Gasteiger partial charge on any atom is 0.416 e. The van der Waals surface area contributed by atoms with Gasteiger partial charge in [0, 0.05) is 16.5 Å². The molecule has 0 bridgehead atoms. The average molecular weight is 827 g/mol. The molecule has 0 spiro atoms. The maximum absolute atomic E-state index is 12.6. The number of aromatic hydroxyl groups is 1. The Hall–Kier alpha value is -3.16. The number of hydrogen-bond donors (Lipinski definition) is 1. The zero-order valence-electron chi connectivity index (χ0n) is 23.6. The second-order valence-electron chi connectivity index (χ2n) is 9.24. The van der Waals surface area contributed by atoms with Crippen molar-refractivity contribution >= 4 is 59.4 Å². The summed E-state index contributed by atoms with van der Waals surface area (Å²) in [4.78, 5) is 22.2. The van der Waals surface area contributed by atoms with Crippen molar-refractivity contribution in [1.29, 1.82) is 0 Å². The first-order valence-electron chi connectivity index (χ1n) is 12.7. The summed E-state index contributed by atoms with van der Waals surface area (Å²) in [5, 5.41) is 9.69. The molecule has 45 heavy (non-hydrogen) atoms. The van der Waals surface area contributed by atoms with E-state index in [1.165, 1.54) is 13.0 Å². The van der Waals surface area contributed by atoms with Crippen molar-refractivity contribution in [1.82, 2.24) is 0 Å². The fourth-order valence-corrected chi connectivity index (χ4v) is 4.61. The van der Waals surface area contributed by atoms with Gasteiger partial charge in [0.25, 0.3) is 0 Å². The number of alkyl halides is 7. The number of rotatable bonds is 6. The number of ether oxygens (including phenoxy) is 1. The number of ketones is 2. The maximum atomic E-state index is 12.6. The van der Waals surface area contributed by atoms with Gasteiger partial charge in [-0.1, -0.05) is 52.3 Å². The van der Waals surface area contributed by atoms with E-state index in [0.717, 1.165) is 52.4 Å². The number of hydrogen-bond acceptors (Lipinski definition) is 4. The van der Waals surface area contributed by atoms with E-state index in [9.17, 15) is 35.9 Å². The Bertz CT molecular complexity index is 1620. The summed E-state index contributed by atoms with van der Waals surface area (Å²) in [5.41, 5.74) is 1.71. The van der Waals surface area contributed by atoms with E-state index in [1.54, 1.807) is 31.2 Å². The number of Topliss-reactive ketones (excluding diaryl/α,β-unsaturated/α-hetero) is 2. The monoisotopic (exact) mass is 824 g/mol. The second-order valence-corrected chi connectivity index (χ2v) is 11.5. The van der Waals surface area contributed by atoms with Crippen LogP contribution >= 0.6 is 47.8 Å². The van der Waals surface area contributed by atoms with Crippen molar-refractivity contribution in [3.05, 3.63) is 127 Å². The molecule has 0 saturated carbocycles. The smallest absolute Gasteiger partial charge is 0.416 e. The summed E-state index contributed by atoms with van der Waals surface area (Å²) < 4.78 is 79.5. The van der Waals surface area contributed by atoms with Crippen molar-refractivity contribution in [2.45, 2.75) is 38.1 Å². The van der Waals surface area contributed by atoms with Crippen LogP contribution in [0.15, 0.2) is 93.9 Å². The van der Waals surface area contributed by atoms with Crippen LogP contribution in [0.3, 0.4) is 0 Å². The highest BCUT2D eigenvalue weighted by atomic mass is 79.9. The highest BCUT2D eigenvalue weighted by Crippen LogP contribution is 2.36. The molecule has 4 aromatic carbocycles. The molecular weight excluding hydrogens is 802 g/mol. The first-order valence-corrected chi connectivity index (χ1v) is 15.4. The fourth-order valence-electron chi connectivity index (χ4n) is 3.39. The third-order valence-electron chi connectivity index (χ3n) is 5.75.